The maximum absolute atomic E-state index is 12.6. The summed E-state index contributed by atoms with van der Waals surface area (Å²) in [6.45, 7) is 1.86. The molecule has 1 amide bonds. The molecule has 6 nitrogen and oxygen atoms in total. The predicted octanol–water partition coefficient (Wildman–Crippen LogP) is 2.75. The van der Waals surface area contributed by atoms with Crippen LogP contribution in [0.3, 0.4) is 0 Å². The van der Waals surface area contributed by atoms with Gasteiger partial charge in [0.1, 0.15) is 17.9 Å². The fraction of sp³-hybridized carbons (Fsp3) is 0.333. The third-order valence-corrected chi connectivity index (χ3v) is 4.35. The molecule has 2 rings (SSSR count). The minimum Gasteiger partial charge on any atom is -0.497 e. The molecule has 0 aliphatic carbocycles. The van der Waals surface area contributed by atoms with Crippen LogP contribution in [0, 0.1) is 0 Å². The number of carbonyl (C=O) groups is 2. The fourth-order valence-corrected chi connectivity index (χ4v) is 2.72. The highest BCUT2D eigenvalue weighted by Gasteiger charge is 2.29. The topological polar surface area (TPSA) is 76.1 Å². The van der Waals surface area contributed by atoms with E-state index in [2.05, 4.69) is 0 Å². The molecule has 0 aliphatic heterocycles. The second-order valence-electron chi connectivity index (χ2n) is 6.30. The lowest BCUT2D eigenvalue weighted by molar-refractivity contribution is -0.154. The lowest BCUT2D eigenvalue weighted by atomic mass is 10.0. The monoisotopic (exact) mass is 371 g/mol. The normalized spacial score (nSPS) is 12.9. The number of hydrogen-bond acceptors (Lipinski definition) is 4. The quantitative estimate of drug-likeness (QED) is 0.733. The van der Waals surface area contributed by atoms with Crippen molar-refractivity contribution in [3.05, 3.63) is 65.7 Å². The maximum Gasteiger partial charge on any atom is 0.326 e. The van der Waals surface area contributed by atoms with E-state index >= 15 is 0 Å². The third kappa shape index (κ3) is 5.82. The van der Waals surface area contributed by atoms with Crippen LogP contribution in [-0.4, -0.2) is 48.2 Å². The van der Waals surface area contributed by atoms with Crippen LogP contribution < -0.4 is 4.74 Å². The number of carboxylic acid groups (broad SMARTS) is 1. The molecule has 1 N–H and O–H groups in total. The summed E-state index contributed by atoms with van der Waals surface area (Å²) >= 11 is 0. The zero-order valence-electron chi connectivity index (χ0n) is 15.8. The van der Waals surface area contributed by atoms with Gasteiger partial charge < -0.3 is 19.5 Å². The van der Waals surface area contributed by atoms with E-state index in [0.29, 0.717) is 5.75 Å². The fourth-order valence-electron chi connectivity index (χ4n) is 2.72. The summed E-state index contributed by atoms with van der Waals surface area (Å²) in [5.74, 6) is -0.711. The lowest BCUT2D eigenvalue weighted by Crippen LogP contribution is -2.47. The largest absolute Gasteiger partial charge is 0.497 e. The highest BCUT2D eigenvalue weighted by atomic mass is 16.5. The smallest absolute Gasteiger partial charge is 0.326 e. The SMILES string of the molecule is COc1cccc(COC(C)C(=O)N(C)C(Cc2ccccc2)C(=O)O)c1. The second kappa shape index (κ2) is 9.73. The number of hydrogen-bond donors (Lipinski definition) is 1. The molecule has 0 fully saturated rings. The molecule has 0 spiro atoms. The first kappa shape index (κ1) is 20.5. The average molecular weight is 371 g/mol. The number of amides is 1. The van der Waals surface area contributed by atoms with E-state index in [4.69, 9.17) is 9.47 Å². The van der Waals surface area contributed by atoms with Gasteiger partial charge in [-0.15, -0.1) is 0 Å². The molecule has 2 unspecified atom stereocenters. The molecule has 0 saturated heterocycles. The van der Waals surface area contributed by atoms with Gasteiger partial charge in [0, 0.05) is 13.5 Å². The molecule has 0 aromatic heterocycles. The van der Waals surface area contributed by atoms with E-state index in [-0.39, 0.29) is 18.9 Å². The standard InChI is InChI=1S/C21H25NO5/c1-15(27-14-17-10-7-11-18(12-17)26-3)20(23)22(2)19(21(24)25)13-16-8-5-4-6-9-16/h4-12,15,19H,13-14H2,1-3H3,(H,24,25). The highest BCUT2D eigenvalue weighted by molar-refractivity contribution is 5.86. The van der Waals surface area contributed by atoms with Gasteiger partial charge in [0.25, 0.3) is 5.91 Å². The van der Waals surface area contributed by atoms with Crippen LogP contribution in [0.1, 0.15) is 18.1 Å². The molecule has 2 aromatic rings. The summed E-state index contributed by atoms with van der Waals surface area (Å²) in [7, 11) is 3.08. The average Bonchev–Trinajstić information content (AvgIpc) is 2.69. The molecule has 2 atom stereocenters. The van der Waals surface area contributed by atoms with Crippen LogP contribution in [0.25, 0.3) is 0 Å². The summed E-state index contributed by atoms with van der Waals surface area (Å²) in [5.41, 5.74) is 1.73. The zero-order valence-corrected chi connectivity index (χ0v) is 15.8. The van der Waals surface area contributed by atoms with Crippen LogP contribution in [0.2, 0.25) is 0 Å². The molecule has 2 aromatic carbocycles. The van der Waals surface area contributed by atoms with Crippen LogP contribution in [0.15, 0.2) is 54.6 Å². The molecule has 0 saturated carbocycles. The van der Waals surface area contributed by atoms with E-state index in [1.54, 1.807) is 14.0 Å². The lowest BCUT2D eigenvalue weighted by Gasteiger charge is -2.27. The predicted molar refractivity (Wildman–Crippen MR) is 102 cm³/mol. The second-order valence-corrected chi connectivity index (χ2v) is 6.30. The Morgan fingerprint density at radius 2 is 1.74 bits per heavy atom. The van der Waals surface area contributed by atoms with Crippen molar-refractivity contribution in [1.82, 2.24) is 4.90 Å². The number of aliphatic carboxylic acids is 1. The molecule has 0 bridgehead atoms. The first-order valence-electron chi connectivity index (χ1n) is 8.70. The Kier molecular flexibility index (Phi) is 7.37. The van der Waals surface area contributed by atoms with E-state index in [1.807, 2.05) is 54.6 Å². The van der Waals surface area contributed by atoms with Crippen molar-refractivity contribution in [3.8, 4) is 5.75 Å². The Balaban J connectivity index is 1.99. The molecular formula is C21H25NO5. The number of carbonyl (C=O) groups excluding carboxylic acids is 1. The Bertz CT molecular complexity index is 762. The van der Waals surface area contributed by atoms with Gasteiger partial charge >= 0.3 is 5.97 Å². The van der Waals surface area contributed by atoms with Crippen molar-refractivity contribution in [2.24, 2.45) is 0 Å². The van der Waals surface area contributed by atoms with Gasteiger partial charge in [-0.1, -0.05) is 42.5 Å². The van der Waals surface area contributed by atoms with E-state index < -0.39 is 18.1 Å². The van der Waals surface area contributed by atoms with E-state index in [1.165, 1.54) is 11.9 Å². The molecular weight excluding hydrogens is 346 g/mol. The Labute approximate surface area is 159 Å². The minimum atomic E-state index is -1.05. The number of nitrogens with zero attached hydrogens (tertiary/aromatic N) is 1. The third-order valence-electron chi connectivity index (χ3n) is 4.35. The minimum absolute atomic E-state index is 0.231. The zero-order chi connectivity index (χ0) is 19.8. The number of likely N-dealkylation sites (N-methyl/N-ethyl adjacent to an activating group) is 1. The van der Waals surface area contributed by atoms with Crippen LogP contribution in [-0.2, 0) is 27.4 Å². The maximum atomic E-state index is 12.6. The van der Waals surface area contributed by atoms with Gasteiger partial charge in [-0.25, -0.2) is 4.79 Å². The molecule has 0 heterocycles. The Hall–Kier alpha value is -2.86. The Morgan fingerprint density at radius 3 is 2.37 bits per heavy atom. The number of ether oxygens (including phenoxy) is 2. The van der Waals surface area contributed by atoms with Crippen molar-refractivity contribution >= 4 is 11.9 Å². The van der Waals surface area contributed by atoms with Gasteiger partial charge in [-0.05, 0) is 30.2 Å². The Morgan fingerprint density at radius 1 is 1.07 bits per heavy atom. The summed E-state index contributed by atoms with van der Waals surface area (Å²) in [5, 5.41) is 9.55. The van der Waals surface area contributed by atoms with Crippen molar-refractivity contribution in [1.29, 1.82) is 0 Å². The van der Waals surface area contributed by atoms with E-state index in [9.17, 15) is 14.7 Å². The van der Waals surface area contributed by atoms with Crippen LogP contribution in [0.5, 0.6) is 5.75 Å². The number of rotatable bonds is 9. The van der Waals surface area contributed by atoms with Gasteiger partial charge in [0.15, 0.2) is 0 Å². The first-order chi connectivity index (χ1) is 12.9. The summed E-state index contributed by atoms with van der Waals surface area (Å²) in [6, 6.07) is 15.7. The van der Waals surface area contributed by atoms with Crippen LogP contribution in [0.4, 0.5) is 0 Å². The van der Waals surface area contributed by atoms with Crippen molar-refractivity contribution < 1.29 is 24.2 Å². The van der Waals surface area contributed by atoms with Gasteiger partial charge in [0.2, 0.25) is 0 Å². The summed E-state index contributed by atoms with van der Waals surface area (Å²) in [6.07, 6.45) is -0.528. The van der Waals surface area contributed by atoms with Crippen molar-refractivity contribution in [3.63, 3.8) is 0 Å². The first-order valence-corrected chi connectivity index (χ1v) is 8.70. The molecule has 0 radical (unpaired) electrons. The summed E-state index contributed by atoms with van der Waals surface area (Å²) in [4.78, 5) is 25.6. The highest BCUT2D eigenvalue weighted by Crippen LogP contribution is 2.15. The molecule has 144 valence electrons. The molecule has 0 aliphatic rings. The molecule has 6 heteroatoms. The molecule has 27 heavy (non-hydrogen) atoms. The number of benzene rings is 2. The van der Waals surface area contributed by atoms with Crippen LogP contribution >= 0.6 is 0 Å². The van der Waals surface area contributed by atoms with E-state index in [0.717, 1.165) is 11.1 Å². The van der Waals surface area contributed by atoms with Gasteiger partial charge in [-0.3, -0.25) is 4.79 Å². The number of methoxy groups -OCH3 is 1. The van der Waals surface area contributed by atoms with Gasteiger partial charge in [-0.2, -0.15) is 0 Å². The number of carboxylic acids is 1. The summed E-state index contributed by atoms with van der Waals surface area (Å²) < 4.78 is 10.8. The van der Waals surface area contributed by atoms with Gasteiger partial charge in [0.05, 0.1) is 13.7 Å². The van der Waals surface area contributed by atoms with Crippen molar-refractivity contribution in [2.45, 2.75) is 32.1 Å². The van der Waals surface area contributed by atoms with Crippen molar-refractivity contribution in [2.75, 3.05) is 14.2 Å².